The van der Waals surface area contributed by atoms with E-state index in [2.05, 4.69) is 35.9 Å². The molecule has 0 nitrogen and oxygen atoms in total. The van der Waals surface area contributed by atoms with Crippen LogP contribution in [0.2, 0.25) is 0 Å². The number of rotatable bonds is 2. The molecule has 0 aromatic rings. The first-order chi connectivity index (χ1) is 6.41. The Morgan fingerprint density at radius 1 is 1.64 bits per heavy atom. The predicted octanol–water partition coefficient (Wildman–Crippen LogP) is 4.56. The molecule has 0 aliphatic heterocycles. The summed E-state index contributed by atoms with van der Waals surface area (Å²) >= 11 is 21.9. The molecule has 0 bridgehead atoms. The molecule has 1 rings (SSSR count). The van der Waals surface area contributed by atoms with E-state index in [1.807, 2.05) is 0 Å². The zero-order chi connectivity index (χ0) is 10.9. The molecule has 0 saturated heterocycles. The second kappa shape index (κ2) is 4.95. The Bertz CT molecular complexity index is 238. The molecule has 0 spiro atoms. The zero-order valence-corrected chi connectivity index (χ0v) is 12.1. The third-order valence-electron chi connectivity index (χ3n) is 2.81. The fourth-order valence-electron chi connectivity index (χ4n) is 1.61. The van der Waals surface area contributed by atoms with Crippen LogP contribution >= 0.6 is 50.7 Å². The Balaban J connectivity index is 2.90. The van der Waals surface area contributed by atoms with Gasteiger partial charge in [-0.25, -0.2) is 0 Å². The van der Waals surface area contributed by atoms with Crippen LogP contribution < -0.4 is 0 Å². The minimum Gasteiger partial charge on any atom is -0.125 e. The Hall–Kier alpha value is 1.09. The molecule has 0 N–H and O–H groups in total. The summed E-state index contributed by atoms with van der Waals surface area (Å²) in [4.78, 5) is 0.403. The Morgan fingerprint density at radius 2 is 2.21 bits per heavy atom. The summed E-state index contributed by atoms with van der Waals surface area (Å²) in [5.41, 5.74) is 1.09. The van der Waals surface area contributed by atoms with Gasteiger partial charge in [0, 0.05) is 10.7 Å². The maximum absolute atomic E-state index is 6.40. The molecule has 3 atom stereocenters. The lowest BCUT2D eigenvalue weighted by Gasteiger charge is -2.40. The van der Waals surface area contributed by atoms with Gasteiger partial charge in [0.25, 0.3) is 0 Å². The predicted molar refractivity (Wildman–Crippen MR) is 69.2 cm³/mol. The van der Waals surface area contributed by atoms with Gasteiger partial charge in [-0.3, -0.25) is 0 Å². The van der Waals surface area contributed by atoms with E-state index in [4.69, 9.17) is 34.8 Å². The molecule has 0 aromatic carbocycles. The Kier molecular flexibility index (Phi) is 4.65. The normalized spacial score (nSPS) is 33.7. The van der Waals surface area contributed by atoms with E-state index in [0.717, 1.165) is 12.0 Å². The molecule has 1 aliphatic rings. The molecule has 82 valence electrons. The number of alkyl halides is 4. The highest BCUT2D eigenvalue weighted by atomic mass is 79.9. The summed E-state index contributed by atoms with van der Waals surface area (Å²) in [7, 11) is 0. The van der Waals surface area contributed by atoms with E-state index in [1.54, 1.807) is 0 Å². The number of halogens is 4. The summed E-state index contributed by atoms with van der Waals surface area (Å²) in [5, 5.41) is -0.180. The van der Waals surface area contributed by atoms with Gasteiger partial charge in [0.2, 0.25) is 0 Å². The molecule has 0 radical (unpaired) electrons. The first kappa shape index (κ1) is 13.2. The lowest BCUT2D eigenvalue weighted by Crippen LogP contribution is -2.40. The van der Waals surface area contributed by atoms with Crippen LogP contribution in [0.15, 0.2) is 11.6 Å². The van der Waals surface area contributed by atoms with Gasteiger partial charge in [-0.15, -0.1) is 34.8 Å². The first-order valence-electron chi connectivity index (χ1n) is 4.59. The molecule has 1 aliphatic carbocycles. The van der Waals surface area contributed by atoms with E-state index < -0.39 is 0 Å². The average molecular weight is 320 g/mol. The molecular weight excluding hydrogens is 306 g/mol. The molecule has 0 fully saturated rings. The quantitative estimate of drug-likeness (QED) is 0.517. The Labute approximate surface area is 109 Å². The summed E-state index contributed by atoms with van der Waals surface area (Å²) in [6, 6.07) is 0. The summed E-state index contributed by atoms with van der Waals surface area (Å²) < 4.78 is 0. The van der Waals surface area contributed by atoms with Crippen molar-refractivity contribution in [1.82, 2.24) is 0 Å². The van der Waals surface area contributed by atoms with Gasteiger partial charge in [-0.05, 0) is 17.4 Å². The van der Waals surface area contributed by atoms with Crippen LogP contribution in [-0.4, -0.2) is 21.5 Å². The van der Waals surface area contributed by atoms with E-state index >= 15 is 0 Å². The van der Waals surface area contributed by atoms with Crippen molar-refractivity contribution in [3.8, 4) is 0 Å². The third-order valence-corrected chi connectivity index (χ3v) is 6.05. The van der Waals surface area contributed by atoms with Gasteiger partial charge >= 0.3 is 0 Å². The van der Waals surface area contributed by atoms with Gasteiger partial charge in [0.15, 0.2) is 0 Å². The van der Waals surface area contributed by atoms with Crippen molar-refractivity contribution in [2.24, 2.45) is 5.41 Å². The molecule has 14 heavy (non-hydrogen) atoms. The van der Waals surface area contributed by atoms with Crippen molar-refractivity contribution in [1.29, 1.82) is 0 Å². The molecule has 0 amide bonds. The van der Waals surface area contributed by atoms with Gasteiger partial charge in [0.05, 0.1) is 10.8 Å². The van der Waals surface area contributed by atoms with Gasteiger partial charge in [0.1, 0.15) is 0 Å². The molecule has 4 heteroatoms. The minimum absolute atomic E-state index is 0.0187. The van der Waals surface area contributed by atoms with Crippen molar-refractivity contribution in [2.45, 2.75) is 35.8 Å². The molecular formula is C10H14BrCl3. The average Bonchev–Trinajstić information content (AvgIpc) is 2.14. The van der Waals surface area contributed by atoms with Crippen LogP contribution in [0.1, 0.15) is 20.3 Å². The third kappa shape index (κ3) is 2.42. The number of hydrogen-bond donors (Lipinski definition) is 0. The lowest BCUT2D eigenvalue weighted by atomic mass is 9.76. The first-order valence-corrected chi connectivity index (χ1v) is 6.91. The van der Waals surface area contributed by atoms with Crippen molar-refractivity contribution in [3.05, 3.63) is 11.6 Å². The largest absolute Gasteiger partial charge is 0.125 e. The fourth-order valence-corrected chi connectivity index (χ4v) is 3.07. The Morgan fingerprint density at radius 3 is 2.71 bits per heavy atom. The van der Waals surface area contributed by atoms with Gasteiger partial charge < -0.3 is 0 Å². The highest BCUT2D eigenvalue weighted by Crippen LogP contribution is 2.45. The van der Waals surface area contributed by atoms with Crippen molar-refractivity contribution < 1.29 is 0 Å². The molecule has 1 unspecified atom stereocenters. The highest BCUT2D eigenvalue weighted by molar-refractivity contribution is 9.09. The molecule has 0 heterocycles. The fraction of sp³-hybridized carbons (Fsp3) is 0.800. The smallest absolute Gasteiger partial charge is 0.0695 e. The van der Waals surface area contributed by atoms with Crippen LogP contribution in [0.4, 0.5) is 0 Å². The summed E-state index contributed by atoms with van der Waals surface area (Å²) in [6.07, 6.45) is 3.08. The molecule has 0 aromatic heterocycles. The zero-order valence-electron chi connectivity index (χ0n) is 8.24. The van der Waals surface area contributed by atoms with E-state index in [-0.39, 0.29) is 16.2 Å². The maximum atomic E-state index is 6.40. The second-order valence-electron chi connectivity index (χ2n) is 4.21. The van der Waals surface area contributed by atoms with E-state index in [0.29, 0.717) is 10.7 Å². The van der Waals surface area contributed by atoms with Gasteiger partial charge in [-0.1, -0.05) is 35.9 Å². The number of hydrogen-bond acceptors (Lipinski definition) is 0. The van der Waals surface area contributed by atoms with Gasteiger partial charge in [-0.2, -0.15) is 0 Å². The van der Waals surface area contributed by atoms with Crippen LogP contribution in [0, 0.1) is 5.41 Å². The van der Waals surface area contributed by atoms with Crippen molar-refractivity contribution in [3.63, 3.8) is 0 Å². The van der Waals surface area contributed by atoms with Crippen LogP contribution in [0.5, 0.6) is 0 Å². The minimum atomic E-state index is -0.140. The maximum Gasteiger partial charge on any atom is 0.0695 e. The lowest BCUT2D eigenvalue weighted by molar-refractivity contribution is 0.341. The highest BCUT2D eigenvalue weighted by Gasteiger charge is 2.41. The molecule has 0 saturated carbocycles. The van der Waals surface area contributed by atoms with Crippen molar-refractivity contribution >= 4 is 50.7 Å². The van der Waals surface area contributed by atoms with Crippen LogP contribution in [-0.2, 0) is 0 Å². The van der Waals surface area contributed by atoms with Crippen molar-refractivity contribution in [2.75, 3.05) is 5.88 Å². The van der Waals surface area contributed by atoms with Crippen LogP contribution in [0.25, 0.3) is 0 Å². The van der Waals surface area contributed by atoms with E-state index in [9.17, 15) is 0 Å². The summed E-state index contributed by atoms with van der Waals surface area (Å²) in [5.74, 6) is 0.416. The van der Waals surface area contributed by atoms with Crippen LogP contribution in [0.3, 0.4) is 0 Å². The standard InChI is InChI=1S/C10H14BrCl3/c1-10(2)8(11)4-3-6(9(10)14)7(13)5-12/h3,7-9H,4-5H2,1-2H3/t7?,8-,9-/m0/s1. The SMILES string of the molecule is CC1(C)[C@@H](Br)CC=C(C(Cl)CCl)[C@@H]1Cl. The van der Waals surface area contributed by atoms with E-state index in [1.165, 1.54) is 0 Å². The monoisotopic (exact) mass is 318 g/mol. The second-order valence-corrected chi connectivity index (χ2v) is 6.59. The summed E-state index contributed by atoms with van der Waals surface area (Å²) in [6.45, 7) is 4.30. The number of allylic oxidation sites excluding steroid dienone is 2. The topological polar surface area (TPSA) is 0 Å².